The highest BCUT2D eigenvalue weighted by Gasteiger charge is 2.07. The van der Waals surface area contributed by atoms with Crippen LogP contribution in [0.5, 0.6) is 0 Å². The van der Waals surface area contributed by atoms with Gasteiger partial charge in [-0.2, -0.15) is 0 Å². The third-order valence-electron chi connectivity index (χ3n) is 1.58. The van der Waals surface area contributed by atoms with E-state index in [0.717, 1.165) is 12.0 Å². The number of rotatable bonds is 0. The van der Waals surface area contributed by atoms with Gasteiger partial charge in [0.25, 0.3) is 0 Å². The largest absolute Gasteiger partial charge is 0.207 e. The maximum absolute atomic E-state index is 12.5. The van der Waals surface area contributed by atoms with Gasteiger partial charge in [-0.15, -0.1) is 0 Å². The molecule has 1 aliphatic carbocycles. The number of allylic oxidation sites excluding steroid dienone is 4. The Labute approximate surface area is 55.1 Å². The summed E-state index contributed by atoms with van der Waals surface area (Å²) in [6.45, 7) is 3.90. The molecule has 1 aliphatic rings. The first kappa shape index (κ1) is 6.53. The Morgan fingerprint density at radius 1 is 1.67 bits per heavy atom. The molecule has 0 aromatic rings. The minimum atomic E-state index is -0.0481. The SMILES string of the molecule is CC1=CC(C)CC=C1F. The van der Waals surface area contributed by atoms with Crippen LogP contribution in [0.2, 0.25) is 0 Å². The summed E-state index contributed by atoms with van der Waals surface area (Å²) in [4.78, 5) is 0. The van der Waals surface area contributed by atoms with Crippen molar-refractivity contribution in [2.75, 3.05) is 0 Å². The molecular weight excluding hydrogens is 115 g/mol. The van der Waals surface area contributed by atoms with Gasteiger partial charge in [-0.25, -0.2) is 4.39 Å². The molecule has 0 aromatic carbocycles. The van der Waals surface area contributed by atoms with Crippen molar-refractivity contribution in [3.05, 3.63) is 23.6 Å². The molecule has 0 nitrogen and oxygen atoms in total. The summed E-state index contributed by atoms with van der Waals surface area (Å²) in [5.74, 6) is 0.470. The first-order chi connectivity index (χ1) is 4.20. The second-order valence-corrected chi connectivity index (χ2v) is 2.61. The van der Waals surface area contributed by atoms with Crippen molar-refractivity contribution < 1.29 is 4.39 Å². The maximum Gasteiger partial charge on any atom is 0.121 e. The Bertz CT molecular complexity index is 165. The Kier molecular flexibility index (Phi) is 1.70. The van der Waals surface area contributed by atoms with E-state index in [9.17, 15) is 4.39 Å². The summed E-state index contributed by atoms with van der Waals surface area (Å²) in [7, 11) is 0. The quantitative estimate of drug-likeness (QED) is 0.468. The van der Waals surface area contributed by atoms with Gasteiger partial charge in [0.05, 0.1) is 0 Å². The minimum absolute atomic E-state index is 0.0481. The van der Waals surface area contributed by atoms with Crippen molar-refractivity contribution in [3.8, 4) is 0 Å². The highest BCUT2D eigenvalue weighted by atomic mass is 19.1. The van der Waals surface area contributed by atoms with Crippen LogP contribution in [0.15, 0.2) is 23.6 Å². The van der Waals surface area contributed by atoms with Gasteiger partial charge in [0, 0.05) is 0 Å². The zero-order valence-electron chi connectivity index (χ0n) is 5.82. The minimum Gasteiger partial charge on any atom is -0.207 e. The molecule has 0 saturated heterocycles. The van der Waals surface area contributed by atoms with Gasteiger partial charge in [-0.3, -0.25) is 0 Å². The van der Waals surface area contributed by atoms with Gasteiger partial charge >= 0.3 is 0 Å². The lowest BCUT2D eigenvalue weighted by molar-refractivity contribution is 0.607. The van der Waals surface area contributed by atoms with E-state index in [0.29, 0.717) is 5.92 Å². The summed E-state index contributed by atoms with van der Waals surface area (Å²) in [6, 6.07) is 0. The fraction of sp³-hybridized carbons (Fsp3) is 0.500. The number of hydrogen-bond donors (Lipinski definition) is 0. The Hall–Kier alpha value is -0.590. The molecule has 9 heavy (non-hydrogen) atoms. The van der Waals surface area contributed by atoms with E-state index in [1.54, 1.807) is 6.08 Å². The smallest absolute Gasteiger partial charge is 0.121 e. The van der Waals surface area contributed by atoms with E-state index in [-0.39, 0.29) is 5.83 Å². The Balaban J connectivity index is 2.75. The molecule has 1 atom stereocenters. The van der Waals surface area contributed by atoms with E-state index in [4.69, 9.17) is 0 Å². The average molecular weight is 126 g/mol. The zero-order valence-corrected chi connectivity index (χ0v) is 5.82. The highest BCUT2D eigenvalue weighted by Crippen LogP contribution is 2.22. The number of halogens is 1. The van der Waals surface area contributed by atoms with Crippen LogP contribution in [0.25, 0.3) is 0 Å². The summed E-state index contributed by atoms with van der Waals surface area (Å²) in [6.07, 6.45) is 4.47. The summed E-state index contributed by atoms with van der Waals surface area (Å²) < 4.78 is 12.5. The second-order valence-electron chi connectivity index (χ2n) is 2.61. The van der Waals surface area contributed by atoms with Crippen molar-refractivity contribution in [2.24, 2.45) is 5.92 Å². The van der Waals surface area contributed by atoms with Crippen LogP contribution in [0.4, 0.5) is 4.39 Å². The van der Waals surface area contributed by atoms with Crippen LogP contribution in [0, 0.1) is 5.92 Å². The molecule has 0 radical (unpaired) electrons. The fourth-order valence-electron chi connectivity index (χ4n) is 1.02. The van der Waals surface area contributed by atoms with Crippen LogP contribution < -0.4 is 0 Å². The van der Waals surface area contributed by atoms with Crippen LogP contribution in [0.3, 0.4) is 0 Å². The lowest BCUT2D eigenvalue weighted by Gasteiger charge is -2.10. The van der Waals surface area contributed by atoms with E-state index in [2.05, 4.69) is 6.92 Å². The van der Waals surface area contributed by atoms with Gasteiger partial charge < -0.3 is 0 Å². The van der Waals surface area contributed by atoms with Crippen molar-refractivity contribution in [3.63, 3.8) is 0 Å². The molecule has 50 valence electrons. The lowest BCUT2D eigenvalue weighted by atomic mass is 9.98. The molecule has 0 spiro atoms. The summed E-state index contributed by atoms with van der Waals surface area (Å²) >= 11 is 0. The Morgan fingerprint density at radius 3 is 2.78 bits per heavy atom. The average Bonchev–Trinajstić information content (AvgIpc) is 1.80. The molecule has 0 aromatic heterocycles. The normalized spacial score (nSPS) is 27.2. The predicted molar refractivity (Wildman–Crippen MR) is 36.7 cm³/mol. The van der Waals surface area contributed by atoms with E-state index >= 15 is 0 Å². The summed E-state index contributed by atoms with van der Waals surface area (Å²) in [5.41, 5.74) is 0.786. The fourth-order valence-corrected chi connectivity index (χ4v) is 1.02. The maximum atomic E-state index is 12.5. The van der Waals surface area contributed by atoms with Crippen molar-refractivity contribution in [1.82, 2.24) is 0 Å². The lowest BCUT2D eigenvalue weighted by Crippen LogP contribution is -1.95. The van der Waals surface area contributed by atoms with E-state index in [1.807, 2.05) is 13.0 Å². The van der Waals surface area contributed by atoms with Crippen molar-refractivity contribution in [1.29, 1.82) is 0 Å². The molecule has 0 amide bonds. The first-order valence-electron chi connectivity index (χ1n) is 3.24. The van der Waals surface area contributed by atoms with E-state index in [1.165, 1.54) is 0 Å². The molecule has 1 unspecified atom stereocenters. The molecule has 0 fully saturated rings. The van der Waals surface area contributed by atoms with Crippen LogP contribution in [-0.2, 0) is 0 Å². The highest BCUT2D eigenvalue weighted by molar-refractivity contribution is 5.27. The van der Waals surface area contributed by atoms with Gasteiger partial charge in [-0.1, -0.05) is 13.0 Å². The second kappa shape index (κ2) is 2.34. The van der Waals surface area contributed by atoms with Crippen LogP contribution in [-0.4, -0.2) is 0 Å². The standard InChI is InChI=1S/C8H11F/c1-6-3-4-8(9)7(2)5-6/h4-6H,3H2,1-2H3. The molecule has 0 saturated carbocycles. The zero-order chi connectivity index (χ0) is 6.85. The first-order valence-corrected chi connectivity index (χ1v) is 3.24. The van der Waals surface area contributed by atoms with Gasteiger partial charge in [0.15, 0.2) is 0 Å². The third kappa shape index (κ3) is 1.41. The van der Waals surface area contributed by atoms with Crippen LogP contribution >= 0.6 is 0 Å². The van der Waals surface area contributed by atoms with Crippen molar-refractivity contribution in [2.45, 2.75) is 20.3 Å². The van der Waals surface area contributed by atoms with Gasteiger partial charge in [0.1, 0.15) is 5.83 Å². The molecule has 0 bridgehead atoms. The number of hydrogen-bond acceptors (Lipinski definition) is 0. The molecular formula is C8H11F. The molecule has 0 heterocycles. The van der Waals surface area contributed by atoms with E-state index < -0.39 is 0 Å². The predicted octanol–water partition coefficient (Wildman–Crippen LogP) is 2.83. The molecule has 0 N–H and O–H groups in total. The molecule has 1 heteroatoms. The molecule has 1 rings (SSSR count). The van der Waals surface area contributed by atoms with Crippen molar-refractivity contribution >= 4 is 0 Å². The Morgan fingerprint density at radius 2 is 2.33 bits per heavy atom. The topological polar surface area (TPSA) is 0 Å². The third-order valence-corrected chi connectivity index (χ3v) is 1.58. The van der Waals surface area contributed by atoms with Gasteiger partial charge in [-0.05, 0) is 30.9 Å². The molecule has 0 aliphatic heterocycles. The van der Waals surface area contributed by atoms with Crippen LogP contribution in [0.1, 0.15) is 20.3 Å². The van der Waals surface area contributed by atoms with Gasteiger partial charge in [0.2, 0.25) is 0 Å². The monoisotopic (exact) mass is 126 g/mol. The summed E-state index contributed by atoms with van der Waals surface area (Å²) in [5, 5.41) is 0.